The standard InChI is InChI=1S/C14H20N2O4/c1-9(2)20-13-5-4-10(6-11(13)15)12(17)7-16(3)8-14(18)19/h4-6,9H,7-8,15H2,1-3H3,(H,18,19). The first kappa shape index (κ1) is 16.0. The number of nitrogen functional groups attached to an aromatic ring is 1. The van der Waals surface area contributed by atoms with E-state index in [2.05, 4.69) is 0 Å². The van der Waals surface area contributed by atoms with E-state index >= 15 is 0 Å². The van der Waals surface area contributed by atoms with Crippen LogP contribution in [0, 0.1) is 0 Å². The summed E-state index contributed by atoms with van der Waals surface area (Å²) in [5, 5.41) is 8.64. The van der Waals surface area contributed by atoms with Crippen molar-refractivity contribution in [3.8, 4) is 5.75 Å². The number of likely N-dealkylation sites (N-methyl/N-ethyl adjacent to an activating group) is 1. The van der Waals surface area contributed by atoms with Crippen molar-refractivity contribution >= 4 is 17.4 Å². The Kier molecular flexibility index (Phi) is 5.52. The number of ether oxygens (including phenoxy) is 1. The van der Waals surface area contributed by atoms with Crippen molar-refractivity contribution in [1.29, 1.82) is 0 Å². The van der Waals surface area contributed by atoms with Crippen molar-refractivity contribution in [2.75, 3.05) is 25.9 Å². The van der Waals surface area contributed by atoms with Crippen LogP contribution < -0.4 is 10.5 Å². The van der Waals surface area contributed by atoms with E-state index in [0.29, 0.717) is 17.0 Å². The lowest BCUT2D eigenvalue weighted by Gasteiger charge is -2.15. The zero-order valence-corrected chi connectivity index (χ0v) is 11.9. The summed E-state index contributed by atoms with van der Waals surface area (Å²) in [7, 11) is 1.58. The predicted molar refractivity (Wildman–Crippen MR) is 76.1 cm³/mol. The van der Waals surface area contributed by atoms with Crippen molar-refractivity contribution in [2.45, 2.75) is 20.0 Å². The number of benzene rings is 1. The van der Waals surface area contributed by atoms with Gasteiger partial charge in [0.05, 0.1) is 24.9 Å². The van der Waals surface area contributed by atoms with Gasteiger partial charge in [-0.05, 0) is 39.1 Å². The van der Waals surface area contributed by atoms with Crippen LogP contribution in [-0.4, -0.2) is 48.0 Å². The maximum absolute atomic E-state index is 12.0. The van der Waals surface area contributed by atoms with Gasteiger partial charge in [-0.3, -0.25) is 14.5 Å². The van der Waals surface area contributed by atoms with E-state index in [1.54, 1.807) is 25.2 Å². The average molecular weight is 280 g/mol. The largest absolute Gasteiger partial charge is 0.489 e. The van der Waals surface area contributed by atoms with Crippen molar-refractivity contribution in [3.05, 3.63) is 23.8 Å². The Hall–Kier alpha value is -2.08. The van der Waals surface area contributed by atoms with Crippen molar-refractivity contribution < 1.29 is 19.4 Å². The second-order valence-electron chi connectivity index (χ2n) is 4.91. The summed E-state index contributed by atoms with van der Waals surface area (Å²) in [4.78, 5) is 24.0. The van der Waals surface area contributed by atoms with Gasteiger partial charge in [-0.1, -0.05) is 0 Å². The van der Waals surface area contributed by atoms with Gasteiger partial charge >= 0.3 is 5.97 Å². The molecule has 0 saturated heterocycles. The van der Waals surface area contributed by atoms with Crippen LogP contribution in [0.3, 0.4) is 0 Å². The second kappa shape index (κ2) is 6.91. The van der Waals surface area contributed by atoms with Gasteiger partial charge < -0.3 is 15.6 Å². The Labute approximate surface area is 118 Å². The molecule has 1 rings (SSSR count). The first-order valence-electron chi connectivity index (χ1n) is 6.29. The highest BCUT2D eigenvalue weighted by Crippen LogP contribution is 2.23. The fourth-order valence-corrected chi connectivity index (χ4v) is 1.71. The molecule has 3 N–H and O–H groups in total. The lowest BCUT2D eigenvalue weighted by atomic mass is 10.1. The molecule has 6 heteroatoms. The number of hydrogen-bond acceptors (Lipinski definition) is 5. The van der Waals surface area contributed by atoms with Crippen LogP contribution >= 0.6 is 0 Å². The lowest BCUT2D eigenvalue weighted by Crippen LogP contribution is -2.31. The number of nitrogens with two attached hydrogens (primary N) is 1. The van der Waals surface area contributed by atoms with E-state index in [1.807, 2.05) is 13.8 Å². The number of anilines is 1. The van der Waals surface area contributed by atoms with Crippen LogP contribution in [0.4, 0.5) is 5.69 Å². The number of carbonyl (C=O) groups is 2. The van der Waals surface area contributed by atoms with E-state index in [9.17, 15) is 9.59 Å². The minimum absolute atomic E-state index is 0.000511. The molecule has 0 fully saturated rings. The van der Waals surface area contributed by atoms with Gasteiger partial charge in [0.25, 0.3) is 0 Å². The number of aliphatic carboxylic acids is 1. The molecular weight excluding hydrogens is 260 g/mol. The third kappa shape index (κ3) is 4.89. The summed E-state index contributed by atoms with van der Waals surface area (Å²) in [5.41, 5.74) is 6.67. The van der Waals surface area contributed by atoms with Gasteiger partial charge in [-0.2, -0.15) is 0 Å². The molecule has 0 unspecified atom stereocenters. The third-order valence-electron chi connectivity index (χ3n) is 2.51. The fraction of sp³-hybridized carbons (Fsp3) is 0.429. The maximum atomic E-state index is 12.0. The Balaban J connectivity index is 2.74. The molecule has 6 nitrogen and oxygen atoms in total. The van der Waals surface area contributed by atoms with Crippen molar-refractivity contribution in [2.24, 2.45) is 0 Å². The smallest absolute Gasteiger partial charge is 0.317 e. The van der Waals surface area contributed by atoms with Gasteiger partial charge in [-0.25, -0.2) is 0 Å². The minimum atomic E-state index is -0.972. The molecule has 0 aromatic heterocycles. The van der Waals surface area contributed by atoms with Crippen molar-refractivity contribution in [3.63, 3.8) is 0 Å². The summed E-state index contributed by atoms with van der Waals surface area (Å²) < 4.78 is 5.49. The number of carboxylic acid groups (broad SMARTS) is 1. The third-order valence-corrected chi connectivity index (χ3v) is 2.51. The second-order valence-corrected chi connectivity index (χ2v) is 4.91. The quantitative estimate of drug-likeness (QED) is 0.577. The van der Waals surface area contributed by atoms with Crippen LogP contribution in [0.2, 0.25) is 0 Å². The highest BCUT2D eigenvalue weighted by molar-refractivity contribution is 5.98. The molecule has 0 heterocycles. The molecule has 0 atom stereocenters. The Bertz CT molecular complexity index is 500. The van der Waals surface area contributed by atoms with Gasteiger partial charge in [0.2, 0.25) is 0 Å². The lowest BCUT2D eigenvalue weighted by molar-refractivity contribution is -0.137. The number of carboxylic acids is 1. The maximum Gasteiger partial charge on any atom is 0.317 e. The zero-order valence-electron chi connectivity index (χ0n) is 11.9. The molecule has 1 aromatic carbocycles. The number of hydrogen-bond donors (Lipinski definition) is 2. The van der Waals surface area contributed by atoms with Gasteiger partial charge in [0.15, 0.2) is 5.78 Å². The minimum Gasteiger partial charge on any atom is -0.489 e. The summed E-state index contributed by atoms with van der Waals surface area (Å²) >= 11 is 0. The average Bonchev–Trinajstić information content (AvgIpc) is 2.29. The Morgan fingerprint density at radius 2 is 2.00 bits per heavy atom. The van der Waals surface area contributed by atoms with E-state index < -0.39 is 5.97 Å². The van der Waals surface area contributed by atoms with E-state index in [1.165, 1.54) is 4.90 Å². The Morgan fingerprint density at radius 1 is 1.35 bits per heavy atom. The summed E-state index contributed by atoms with van der Waals surface area (Å²) in [6.45, 7) is 3.62. The summed E-state index contributed by atoms with van der Waals surface area (Å²) in [5.74, 6) is -0.618. The molecule has 20 heavy (non-hydrogen) atoms. The normalized spacial score (nSPS) is 10.8. The Morgan fingerprint density at radius 3 is 2.50 bits per heavy atom. The van der Waals surface area contributed by atoms with Crippen molar-refractivity contribution in [1.82, 2.24) is 4.90 Å². The molecule has 0 saturated carbocycles. The van der Waals surface area contributed by atoms with Crippen LogP contribution in [0.25, 0.3) is 0 Å². The molecule has 110 valence electrons. The predicted octanol–water partition coefficient (Wildman–Crippen LogP) is 1.26. The molecule has 0 bridgehead atoms. The number of rotatable bonds is 7. The van der Waals surface area contributed by atoms with Crippen LogP contribution in [0.15, 0.2) is 18.2 Å². The summed E-state index contributed by atoms with van der Waals surface area (Å²) in [6, 6.07) is 4.83. The number of nitrogens with zero attached hydrogens (tertiary/aromatic N) is 1. The molecule has 0 spiro atoms. The molecular formula is C14H20N2O4. The van der Waals surface area contributed by atoms with E-state index in [0.717, 1.165) is 0 Å². The zero-order chi connectivity index (χ0) is 15.3. The first-order valence-corrected chi connectivity index (χ1v) is 6.29. The van der Waals surface area contributed by atoms with Gasteiger partial charge in [-0.15, -0.1) is 0 Å². The highest BCUT2D eigenvalue weighted by atomic mass is 16.5. The number of Topliss-reactive ketones (excluding diaryl/α,β-unsaturated/α-hetero) is 1. The number of ketones is 1. The number of carbonyl (C=O) groups excluding carboxylic acids is 1. The van der Waals surface area contributed by atoms with Gasteiger partial charge in [0.1, 0.15) is 5.75 Å². The van der Waals surface area contributed by atoms with E-state index in [4.69, 9.17) is 15.6 Å². The molecule has 0 radical (unpaired) electrons. The molecule has 0 aliphatic carbocycles. The molecule has 0 aliphatic heterocycles. The van der Waals surface area contributed by atoms with Crippen LogP contribution in [-0.2, 0) is 4.79 Å². The monoisotopic (exact) mass is 280 g/mol. The molecule has 0 aliphatic rings. The molecule has 1 aromatic rings. The SMILES string of the molecule is CC(C)Oc1ccc(C(=O)CN(C)CC(=O)O)cc1N. The fourth-order valence-electron chi connectivity index (χ4n) is 1.71. The first-order chi connectivity index (χ1) is 9.29. The molecule has 0 amide bonds. The topological polar surface area (TPSA) is 92.9 Å². The van der Waals surface area contributed by atoms with E-state index in [-0.39, 0.29) is 25.0 Å². The summed E-state index contributed by atoms with van der Waals surface area (Å²) in [6.07, 6.45) is 0.000511. The highest BCUT2D eigenvalue weighted by Gasteiger charge is 2.13. The van der Waals surface area contributed by atoms with Crippen LogP contribution in [0.5, 0.6) is 5.75 Å². The van der Waals surface area contributed by atoms with Gasteiger partial charge in [0, 0.05) is 5.56 Å². The van der Waals surface area contributed by atoms with Crippen LogP contribution in [0.1, 0.15) is 24.2 Å².